The number of allylic oxidation sites excluding steroid dienone is 3. The zero-order chi connectivity index (χ0) is 18.1. The molecule has 1 N–H and O–H groups in total. The van der Waals surface area contributed by atoms with Crippen LogP contribution in [0.25, 0.3) is 4.91 Å². The minimum atomic E-state index is 0.587. The van der Waals surface area contributed by atoms with Crippen LogP contribution in [0.1, 0.15) is 71.8 Å². The van der Waals surface area contributed by atoms with Crippen molar-refractivity contribution in [3.8, 4) is 0 Å². The largest absolute Gasteiger partial charge is 0.382 e. The molecule has 0 spiro atoms. The average Bonchev–Trinajstić information content (AvgIpc) is 2.65. The zero-order valence-corrected chi connectivity index (χ0v) is 17.1. The highest BCUT2D eigenvalue weighted by Crippen LogP contribution is 2.40. The van der Waals surface area contributed by atoms with E-state index >= 15 is 0 Å². The molecule has 0 fully saturated rings. The number of unbranched alkanes of at least 4 members (excludes halogenated alkanes) is 1. The molecule has 1 aromatic carbocycles. The van der Waals surface area contributed by atoms with E-state index in [4.69, 9.17) is 0 Å². The van der Waals surface area contributed by atoms with Crippen LogP contribution in [0.4, 0.5) is 0 Å². The molecule has 0 aromatic heterocycles. The van der Waals surface area contributed by atoms with Gasteiger partial charge in [-0.2, -0.15) is 0 Å². The third-order valence-electron chi connectivity index (χ3n) is 4.71. The highest BCUT2D eigenvalue weighted by Gasteiger charge is 2.17. The summed E-state index contributed by atoms with van der Waals surface area (Å²) >= 11 is 1.88. The van der Waals surface area contributed by atoms with E-state index in [9.17, 15) is 0 Å². The number of rotatable bonds is 9. The Morgan fingerprint density at radius 3 is 2.56 bits per heavy atom. The summed E-state index contributed by atoms with van der Waals surface area (Å²) in [6.45, 7) is 9.07. The molecule has 0 saturated carbocycles. The molecule has 0 saturated heterocycles. The molecule has 0 radical (unpaired) electrons. The van der Waals surface area contributed by atoms with Gasteiger partial charge >= 0.3 is 0 Å². The van der Waals surface area contributed by atoms with Crippen molar-refractivity contribution in [2.24, 2.45) is 0 Å². The van der Waals surface area contributed by atoms with E-state index in [0.29, 0.717) is 6.04 Å². The molecular formula is C23H33NS. The van der Waals surface area contributed by atoms with E-state index in [-0.39, 0.29) is 0 Å². The number of nitrogens with one attached hydrogen (secondary N) is 1. The Morgan fingerprint density at radius 1 is 1.20 bits per heavy atom. The lowest BCUT2D eigenvalue weighted by atomic mass is 9.99. The van der Waals surface area contributed by atoms with Crippen LogP contribution in [0.15, 0.2) is 58.7 Å². The molecule has 0 bridgehead atoms. The zero-order valence-electron chi connectivity index (χ0n) is 16.3. The second-order valence-electron chi connectivity index (χ2n) is 6.83. The number of benzene rings is 1. The van der Waals surface area contributed by atoms with E-state index in [2.05, 4.69) is 74.8 Å². The van der Waals surface area contributed by atoms with Gasteiger partial charge in [0.2, 0.25) is 0 Å². The fourth-order valence-corrected chi connectivity index (χ4v) is 4.25. The van der Waals surface area contributed by atoms with Crippen LogP contribution in [-0.2, 0) is 0 Å². The summed E-state index contributed by atoms with van der Waals surface area (Å²) in [5.41, 5.74) is 5.60. The Morgan fingerprint density at radius 2 is 1.96 bits per heavy atom. The Kier molecular flexibility index (Phi) is 8.40. The van der Waals surface area contributed by atoms with Gasteiger partial charge in [-0.05, 0) is 49.2 Å². The molecule has 1 atom stereocenters. The van der Waals surface area contributed by atoms with Gasteiger partial charge in [-0.3, -0.25) is 0 Å². The second kappa shape index (κ2) is 10.6. The molecule has 1 heterocycles. The first-order chi connectivity index (χ1) is 12.2. The minimum Gasteiger partial charge on any atom is -0.382 e. The molecule has 2 rings (SSSR count). The van der Waals surface area contributed by atoms with Crippen molar-refractivity contribution in [2.75, 3.05) is 0 Å². The maximum absolute atomic E-state index is 3.84. The van der Waals surface area contributed by atoms with Gasteiger partial charge in [-0.25, -0.2) is 0 Å². The molecule has 25 heavy (non-hydrogen) atoms. The third-order valence-corrected chi connectivity index (χ3v) is 5.93. The first-order valence-electron chi connectivity index (χ1n) is 9.77. The van der Waals surface area contributed by atoms with Crippen molar-refractivity contribution in [1.29, 1.82) is 0 Å². The lowest BCUT2D eigenvalue weighted by Gasteiger charge is -2.25. The summed E-state index contributed by atoms with van der Waals surface area (Å²) < 4.78 is 0. The first-order valence-corrected chi connectivity index (χ1v) is 10.6. The average molecular weight is 356 g/mol. The topological polar surface area (TPSA) is 12.0 Å². The Bertz CT molecular complexity index is 625. The Hall–Kier alpha value is -1.41. The summed E-state index contributed by atoms with van der Waals surface area (Å²) in [6.07, 6.45) is 9.50. The molecule has 1 aromatic rings. The summed E-state index contributed by atoms with van der Waals surface area (Å²) in [7, 11) is 0. The number of hydrogen-bond acceptors (Lipinski definition) is 2. The molecule has 0 aliphatic carbocycles. The molecule has 1 nitrogen and oxygen atoms in total. The van der Waals surface area contributed by atoms with Crippen molar-refractivity contribution in [1.82, 2.24) is 5.32 Å². The van der Waals surface area contributed by atoms with Crippen molar-refractivity contribution < 1.29 is 0 Å². The maximum atomic E-state index is 3.84. The van der Waals surface area contributed by atoms with E-state index in [0.717, 1.165) is 12.8 Å². The molecule has 1 aliphatic heterocycles. The SMILES string of the molecule is CC/C=C(/NC(CC)CCCC)C1=CSC(c2ccccc2)=C(C)C1. The van der Waals surface area contributed by atoms with Gasteiger partial charge in [0, 0.05) is 16.6 Å². The lowest BCUT2D eigenvalue weighted by molar-refractivity contribution is 0.492. The highest BCUT2D eigenvalue weighted by atomic mass is 32.2. The quantitative estimate of drug-likeness (QED) is 0.499. The van der Waals surface area contributed by atoms with Crippen LogP contribution in [0.3, 0.4) is 0 Å². The molecule has 1 unspecified atom stereocenters. The van der Waals surface area contributed by atoms with Crippen molar-refractivity contribution in [2.45, 2.75) is 72.3 Å². The monoisotopic (exact) mass is 355 g/mol. The maximum Gasteiger partial charge on any atom is 0.0342 e. The van der Waals surface area contributed by atoms with Crippen LogP contribution in [0.2, 0.25) is 0 Å². The van der Waals surface area contributed by atoms with Gasteiger partial charge in [-0.15, -0.1) is 0 Å². The van der Waals surface area contributed by atoms with Crippen LogP contribution in [0.5, 0.6) is 0 Å². The standard InChI is InChI=1S/C23H33NS/c1-5-8-15-21(7-3)24-22(12-6-2)20-16-18(4)23(25-17-20)19-13-10-9-11-14-19/h9-14,17,21,24H,5-8,15-16H2,1-4H3/b22-12+. The highest BCUT2D eigenvalue weighted by molar-refractivity contribution is 8.11. The normalized spacial score (nSPS) is 16.6. The van der Waals surface area contributed by atoms with Crippen LogP contribution >= 0.6 is 11.8 Å². The number of hydrogen-bond donors (Lipinski definition) is 1. The van der Waals surface area contributed by atoms with Crippen molar-refractivity contribution in [3.05, 3.63) is 64.2 Å². The van der Waals surface area contributed by atoms with Gasteiger partial charge in [0.1, 0.15) is 0 Å². The summed E-state index contributed by atoms with van der Waals surface area (Å²) in [5.74, 6) is 0. The summed E-state index contributed by atoms with van der Waals surface area (Å²) in [5, 5.41) is 6.20. The van der Waals surface area contributed by atoms with Gasteiger partial charge < -0.3 is 5.32 Å². The van der Waals surface area contributed by atoms with E-state index in [1.165, 1.54) is 53.0 Å². The van der Waals surface area contributed by atoms with E-state index < -0.39 is 0 Å². The fourth-order valence-electron chi connectivity index (χ4n) is 3.24. The van der Waals surface area contributed by atoms with Gasteiger partial charge in [0.15, 0.2) is 0 Å². The Labute approximate surface area is 158 Å². The smallest absolute Gasteiger partial charge is 0.0342 e. The third kappa shape index (κ3) is 5.81. The minimum absolute atomic E-state index is 0.587. The van der Waals surface area contributed by atoms with Gasteiger partial charge in [0.05, 0.1) is 0 Å². The predicted octanol–water partition coefficient (Wildman–Crippen LogP) is 7.29. The Balaban J connectivity index is 2.11. The van der Waals surface area contributed by atoms with Crippen molar-refractivity contribution in [3.63, 3.8) is 0 Å². The molecule has 1 aliphatic rings. The first kappa shape index (κ1) is 19.9. The van der Waals surface area contributed by atoms with Crippen LogP contribution in [0, 0.1) is 0 Å². The fraction of sp³-hybridized carbons (Fsp3) is 0.478. The van der Waals surface area contributed by atoms with Crippen molar-refractivity contribution >= 4 is 16.7 Å². The second-order valence-corrected chi connectivity index (χ2v) is 7.71. The van der Waals surface area contributed by atoms with Gasteiger partial charge in [0.25, 0.3) is 0 Å². The molecule has 136 valence electrons. The van der Waals surface area contributed by atoms with Crippen LogP contribution in [-0.4, -0.2) is 6.04 Å². The molecule has 2 heteroatoms. The van der Waals surface area contributed by atoms with E-state index in [1.54, 1.807) is 0 Å². The molecule has 0 amide bonds. The lowest BCUT2D eigenvalue weighted by Crippen LogP contribution is -2.29. The molecular weight excluding hydrogens is 322 g/mol. The van der Waals surface area contributed by atoms with E-state index in [1.807, 2.05) is 11.8 Å². The summed E-state index contributed by atoms with van der Waals surface area (Å²) in [4.78, 5) is 1.42. The van der Waals surface area contributed by atoms with Gasteiger partial charge in [-0.1, -0.05) is 87.4 Å². The van der Waals surface area contributed by atoms with Crippen LogP contribution < -0.4 is 5.32 Å². The number of thioether (sulfide) groups is 1. The predicted molar refractivity (Wildman–Crippen MR) is 114 cm³/mol. The summed E-state index contributed by atoms with van der Waals surface area (Å²) in [6, 6.07) is 11.3.